The summed E-state index contributed by atoms with van der Waals surface area (Å²) in [6.07, 6.45) is 6.55. The van der Waals surface area contributed by atoms with Gasteiger partial charge in [0.05, 0.1) is 6.61 Å². The Balaban J connectivity index is 1.63. The molecule has 2 rings (SSSR count). The second kappa shape index (κ2) is 7.07. The highest BCUT2D eigenvalue weighted by Gasteiger charge is 2.34. The van der Waals surface area contributed by atoms with Crippen LogP contribution in [0.25, 0.3) is 0 Å². The first-order valence-electron chi connectivity index (χ1n) is 7.10. The number of nitrogens with one attached hydrogen (secondary N) is 2. The highest BCUT2D eigenvalue weighted by molar-refractivity contribution is 5.74. The maximum Gasteiger partial charge on any atom is 0.243 e. The summed E-state index contributed by atoms with van der Waals surface area (Å²) >= 11 is 0. The number of amides is 1. The number of rotatable bonds is 7. The van der Waals surface area contributed by atoms with E-state index in [-0.39, 0.29) is 6.61 Å². The van der Waals surface area contributed by atoms with E-state index in [2.05, 4.69) is 10.6 Å². The number of primary amides is 1. The maximum atomic E-state index is 10.5. The molecule has 1 saturated heterocycles. The summed E-state index contributed by atoms with van der Waals surface area (Å²) in [6.45, 7) is 2.57. The highest BCUT2D eigenvalue weighted by atomic mass is 16.5. The lowest BCUT2D eigenvalue weighted by molar-refractivity contribution is -0.122. The summed E-state index contributed by atoms with van der Waals surface area (Å²) in [6, 6.07) is 1.31. The van der Waals surface area contributed by atoms with E-state index in [1.165, 1.54) is 38.6 Å². The summed E-state index contributed by atoms with van der Waals surface area (Å²) < 4.78 is 5.16. The topological polar surface area (TPSA) is 76.4 Å². The first-order valence-corrected chi connectivity index (χ1v) is 7.10. The van der Waals surface area contributed by atoms with Crippen LogP contribution in [0.2, 0.25) is 0 Å². The van der Waals surface area contributed by atoms with Gasteiger partial charge in [0.15, 0.2) is 0 Å². The fourth-order valence-electron chi connectivity index (χ4n) is 3.29. The molecule has 0 bridgehead atoms. The first-order chi connectivity index (χ1) is 8.77. The molecule has 5 nitrogen and oxygen atoms in total. The number of nitrogens with two attached hydrogens (primary N) is 1. The van der Waals surface area contributed by atoms with Crippen molar-refractivity contribution in [2.75, 3.05) is 26.3 Å². The van der Waals surface area contributed by atoms with E-state index in [1.54, 1.807) is 0 Å². The van der Waals surface area contributed by atoms with Crippen LogP contribution in [-0.2, 0) is 9.53 Å². The highest BCUT2D eigenvalue weighted by Crippen LogP contribution is 2.31. The molecule has 0 aromatic heterocycles. The molecule has 1 saturated carbocycles. The Morgan fingerprint density at radius 1 is 1.33 bits per heavy atom. The smallest absolute Gasteiger partial charge is 0.243 e. The zero-order valence-electron chi connectivity index (χ0n) is 11.0. The second-order valence-electron chi connectivity index (χ2n) is 5.38. The molecular formula is C13H25N3O2. The molecule has 0 spiro atoms. The molecule has 3 atom stereocenters. The van der Waals surface area contributed by atoms with Gasteiger partial charge in [-0.3, -0.25) is 4.79 Å². The zero-order valence-corrected chi connectivity index (χ0v) is 11.0. The van der Waals surface area contributed by atoms with E-state index in [1.807, 2.05) is 0 Å². The number of hydrogen-bond acceptors (Lipinski definition) is 4. The van der Waals surface area contributed by atoms with Crippen molar-refractivity contribution in [3.8, 4) is 0 Å². The van der Waals surface area contributed by atoms with Crippen LogP contribution >= 0.6 is 0 Å². The van der Waals surface area contributed by atoms with Gasteiger partial charge in [0.1, 0.15) is 6.61 Å². The number of ether oxygens (including phenoxy) is 1. The summed E-state index contributed by atoms with van der Waals surface area (Å²) in [5, 5.41) is 7.18. The Hall–Kier alpha value is -0.650. The lowest BCUT2D eigenvalue weighted by atomic mass is 9.93. The Kier molecular flexibility index (Phi) is 5.41. The quantitative estimate of drug-likeness (QED) is 0.560. The molecule has 3 unspecified atom stereocenters. The Morgan fingerprint density at radius 3 is 2.94 bits per heavy atom. The molecule has 1 aliphatic carbocycles. The molecule has 1 amide bonds. The zero-order chi connectivity index (χ0) is 12.8. The summed E-state index contributed by atoms with van der Waals surface area (Å²) in [5.74, 6) is 0.368. The third-order valence-electron chi connectivity index (χ3n) is 4.08. The van der Waals surface area contributed by atoms with Gasteiger partial charge in [0.25, 0.3) is 0 Å². The molecule has 18 heavy (non-hydrogen) atoms. The predicted molar refractivity (Wildman–Crippen MR) is 70.2 cm³/mol. The molecule has 0 aromatic carbocycles. The van der Waals surface area contributed by atoms with Crippen LogP contribution in [0.3, 0.4) is 0 Å². The lowest BCUT2D eigenvalue weighted by Crippen LogP contribution is -2.43. The normalized spacial score (nSPS) is 31.9. The van der Waals surface area contributed by atoms with Crippen LogP contribution in [0.5, 0.6) is 0 Å². The van der Waals surface area contributed by atoms with Gasteiger partial charge < -0.3 is 21.1 Å². The largest absolute Gasteiger partial charge is 0.370 e. The maximum absolute atomic E-state index is 10.5. The van der Waals surface area contributed by atoms with E-state index in [4.69, 9.17) is 10.5 Å². The van der Waals surface area contributed by atoms with Crippen LogP contribution in [-0.4, -0.2) is 44.3 Å². The van der Waals surface area contributed by atoms with E-state index >= 15 is 0 Å². The predicted octanol–water partition coefficient (Wildman–Crippen LogP) is -0.00140. The number of carbonyl (C=O) groups excluding carboxylic acids is 1. The van der Waals surface area contributed by atoms with Crippen molar-refractivity contribution in [1.82, 2.24) is 10.6 Å². The van der Waals surface area contributed by atoms with Gasteiger partial charge >= 0.3 is 0 Å². The van der Waals surface area contributed by atoms with Crippen molar-refractivity contribution in [3.05, 3.63) is 0 Å². The number of hydrogen-bond donors (Lipinski definition) is 3. The van der Waals surface area contributed by atoms with E-state index in [0.29, 0.717) is 18.7 Å². The average molecular weight is 255 g/mol. The fraction of sp³-hybridized carbons (Fsp3) is 0.923. The molecule has 4 N–H and O–H groups in total. The SMILES string of the molecule is NC(=O)COCCNC1CCCC1C1CCCN1. The van der Waals surface area contributed by atoms with Gasteiger partial charge in [-0.1, -0.05) is 6.42 Å². The minimum atomic E-state index is -0.399. The van der Waals surface area contributed by atoms with E-state index < -0.39 is 5.91 Å². The van der Waals surface area contributed by atoms with Gasteiger partial charge in [-0.05, 0) is 38.1 Å². The van der Waals surface area contributed by atoms with Crippen LogP contribution in [0.15, 0.2) is 0 Å². The van der Waals surface area contributed by atoms with Crippen molar-refractivity contribution in [3.63, 3.8) is 0 Å². The minimum absolute atomic E-state index is 0.0277. The third-order valence-corrected chi connectivity index (χ3v) is 4.08. The van der Waals surface area contributed by atoms with Crippen LogP contribution in [0.4, 0.5) is 0 Å². The first kappa shape index (κ1) is 13.8. The molecule has 104 valence electrons. The third kappa shape index (κ3) is 3.93. The Morgan fingerprint density at radius 2 is 2.22 bits per heavy atom. The van der Waals surface area contributed by atoms with Gasteiger partial charge in [0.2, 0.25) is 5.91 Å². The van der Waals surface area contributed by atoms with Crippen LogP contribution in [0.1, 0.15) is 32.1 Å². The summed E-state index contributed by atoms with van der Waals surface area (Å²) in [7, 11) is 0. The van der Waals surface area contributed by atoms with Crippen molar-refractivity contribution in [2.24, 2.45) is 11.7 Å². The summed E-state index contributed by atoms with van der Waals surface area (Å²) in [5.41, 5.74) is 5.01. The molecule has 0 aromatic rings. The second-order valence-corrected chi connectivity index (χ2v) is 5.38. The molecule has 0 radical (unpaired) electrons. The molecule has 1 aliphatic heterocycles. The number of carbonyl (C=O) groups is 1. The molecule has 1 heterocycles. The van der Waals surface area contributed by atoms with Gasteiger partial charge in [-0.25, -0.2) is 0 Å². The lowest BCUT2D eigenvalue weighted by Gasteiger charge is -2.26. The van der Waals surface area contributed by atoms with E-state index in [9.17, 15) is 4.79 Å². The fourth-order valence-corrected chi connectivity index (χ4v) is 3.29. The standard InChI is InChI=1S/C13H25N3O2/c14-13(17)9-18-8-7-16-11-4-1-3-10(11)12-5-2-6-15-12/h10-12,15-16H,1-9H2,(H2,14,17). The molecule has 2 fully saturated rings. The summed E-state index contributed by atoms with van der Waals surface area (Å²) in [4.78, 5) is 10.5. The van der Waals surface area contributed by atoms with Crippen LogP contribution in [0, 0.1) is 5.92 Å². The average Bonchev–Trinajstić information content (AvgIpc) is 2.97. The molecular weight excluding hydrogens is 230 g/mol. The van der Waals surface area contributed by atoms with Gasteiger partial charge in [0, 0.05) is 18.6 Å². The van der Waals surface area contributed by atoms with Gasteiger partial charge in [-0.2, -0.15) is 0 Å². The molecule has 5 heteroatoms. The monoisotopic (exact) mass is 255 g/mol. The van der Waals surface area contributed by atoms with Crippen molar-refractivity contribution < 1.29 is 9.53 Å². The Labute approximate surface area is 109 Å². The van der Waals surface area contributed by atoms with Crippen LogP contribution < -0.4 is 16.4 Å². The van der Waals surface area contributed by atoms with Crippen molar-refractivity contribution >= 4 is 5.91 Å². The van der Waals surface area contributed by atoms with E-state index in [0.717, 1.165) is 12.5 Å². The van der Waals surface area contributed by atoms with Gasteiger partial charge in [-0.15, -0.1) is 0 Å². The molecule has 2 aliphatic rings. The Bertz CT molecular complexity index is 267. The minimum Gasteiger partial charge on any atom is -0.370 e. The van der Waals surface area contributed by atoms with Crippen molar-refractivity contribution in [1.29, 1.82) is 0 Å². The van der Waals surface area contributed by atoms with Crippen molar-refractivity contribution in [2.45, 2.75) is 44.2 Å².